The van der Waals surface area contributed by atoms with Gasteiger partial charge in [-0.1, -0.05) is 0 Å². The Morgan fingerprint density at radius 2 is 2.00 bits per heavy atom. The van der Waals surface area contributed by atoms with Crippen molar-refractivity contribution in [2.75, 3.05) is 25.2 Å². The first-order chi connectivity index (χ1) is 7.52. The predicted molar refractivity (Wildman–Crippen MR) is 66.5 cm³/mol. The maximum Gasteiger partial charge on any atom is 0.325 e. The van der Waals surface area contributed by atoms with E-state index in [9.17, 15) is 9.59 Å². The van der Waals surface area contributed by atoms with E-state index in [1.54, 1.807) is 23.6 Å². The summed E-state index contributed by atoms with van der Waals surface area (Å²) < 4.78 is 4.84. The Bertz CT molecular complexity index is 231. The van der Waals surface area contributed by atoms with E-state index < -0.39 is 0 Å². The van der Waals surface area contributed by atoms with Crippen LogP contribution in [0, 0.1) is 0 Å². The van der Waals surface area contributed by atoms with Crippen LogP contribution < -0.4 is 0 Å². The minimum atomic E-state index is -0.339. The highest BCUT2D eigenvalue weighted by Crippen LogP contribution is 2.05. The van der Waals surface area contributed by atoms with E-state index in [0.29, 0.717) is 13.0 Å². The highest BCUT2D eigenvalue weighted by Gasteiger charge is 2.19. The third-order valence-electron chi connectivity index (χ3n) is 2.07. The Morgan fingerprint density at radius 3 is 2.44 bits per heavy atom. The monoisotopic (exact) mass is 247 g/mol. The molecule has 0 heterocycles. The molecule has 16 heavy (non-hydrogen) atoms. The van der Waals surface area contributed by atoms with Crippen molar-refractivity contribution in [1.29, 1.82) is 0 Å². The summed E-state index contributed by atoms with van der Waals surface area (Å²) >= 11 is 1.62. The van der Waals surface area contributed by atoms with Gasteiger partial charge in [-0.2, -0.15) is 11.8 Å². The molecule has 0 atom stereocenters. The summed E-state index contributed by atoms with van der Waals surface area (Å²) in [7, 11) is 0. The van der Waals surface area contributed by atoms with Gasteiger partial charge in [-0.15, -0.1) is 0 Å². The van der Waals surface area contributed by atoms with Gasteiger partial charge in [0.15, 0.2) is 0 Å². The second-order valence-electron chi connectivity index (χ2n) is 3.66. The van der Waals surface area contributed by atoms with Gasteiger partial charge in [-0.05, 0) is 27.0 Å². The zero-order valence-electron chi connectivity index (χ0n) is 10.5. The molecular weight excluding hydrogens is 226 g/mol. The first kappa shape index (κ1) is 15.3. The van der Waals surface area contributed by atoms with Gasteiger partial charge in [-0.25, -0.2) is 0 Å². The average Bonchev–Trinajstić information content (AvgIpc) is 2.22. The molecule has 0 fully saturated rings. The topological polar surface area (TPSA) is 46.6 Å². The quantitative estimate of drug-likeness (QED) is 0.640. The van der Waals surface area contributed by atoms with Gasteiger partial charge in [0.25, 0.3) is 0 Å². The van der Waals surface area contributed by atoms with Crippen molar-refractivity contribution in [1.82, 2.24) is 4.90 Å². The highest BCUT2D eigenvalue weighted by atomic mass is 32.2. The molecule has 0 aliphatic heterocycles. The molecule has 0 spiro atoms. The molecule has 0 aromatic heterocycles. The molecular formula is C11H21NO3S. The van der Waals surface area contributed by atoms with Crippen molar-refractivity contribution < 1.29 is 14.3 Å². The van der Waals surface area contributed by atoms with Gasteiger partial charge in [0.05, 0.1) is 6.61 Å². The Balaban J connectivity index is 4.26. The molecule has 1 amide bonds. The lowest BCUT2D eigenvalue weighted by atomic mass is 10.3. The number of esters is 1. The summed E-state index contributed by atoms with van der Waals surface area (Å²) in [5.41, 5.74) is 0. The fraction of sp³-hybridized carbons (Fsp3) is 0.818. The largest absolute Gasteiger partial charge is 0.465 e. The molecule has 0 aliphatic rings. The second-order valence-corrected chi connectivity index (χ2v) is 4.65. The number of rotatable bonds is 7. The summed E-state index contributed by atoms with van der Waals surface area (Å²) in [4.78, 5) is 24.7. The summed E-state index contributed by atoms with van der Waals surface area (Å²) in [6.45, 7) is 5.96. The lowest BCUT2D eigenvalue weighted by Gasteiger charge is -2.25. The summed E-state index contributed by atoms with van der Waals surface area (Å²) in [6.07, 6.45) is 2.43. The molecule has 0 saturated carbocycles. The Morgan fingerprint density at radius 1 is 1.38 bits per heavy atom. The molecule has 0 aliphatic carbocycles. The van der Waals surface area contributed by atoms with Crippen LogP contribution in [-0.4, -0.2) is 48.0 Å². The molecule has 0 aromatic rings. The number of carbonyl (C=O) groups excluding carboxylic acids is 2. The highest BCUT2D eigenvalue weighted by molar-refractivity contribution is 7.98. The number of thioether (sulfide) groups is 1. The van der Waals surface area contributed by atoms with Crippen LogP contribution in [0.4, 0.5) is 0 Å². The number of carbonyl (C=O) groups is 2. The summed E-state index contributed by atoms with van der Waals surface area (Å²) in [6, 6.07) is 0.0266. The molecule has 0 rings (SSSR count). The molecule has 0 unspecified atom stereocenters. The first-order valence-electron chi connectivity index (χ1n) is 5.46. The van der Waals surface area contributed by atoms with Crippen molar-refractivity contribution in [2.45, 2.75) is 33.2 Å². The van der Waals surface area contributed by atoms with E-state index in [2.05, 4.69) is 0 Å². The molecule has 0 saturated heterocycles. The van der Waals surface area contributed by atoms with Crippen molar-refractivity contribution in [3.63, 3.8) is 0 Å². The van der Waals surface area contributed by atoms with Crippen LogP contribution in [0.3, 0.4) is 0 Å². The Hall–Kier alpha value is -0.710. The number of ether oxygens (including phenoxy) is 1. The van der Waals surface area contributed by atoms with E-state index >= 15 is 0 Å². The van der Waals surface area contributed by atoms with E-state index in [0.717, 1.165) is 5.75 Å². The van der Waals surface area contributed by atoms with Gasteiger partial charge < -0.3 is 9.64 Å². The lowest BCUT2D eigenvalue weighted by molar-refractivity contribution is -0.149. The lowest BCUT2D eigenvalue weighted by Crippen LogP contribution is -2.41. The van der Waals surface area contributed by atoms with Gasteiger partial charge >= 0.3 is 5.97 Å². The van der Waals surface area contributed by atoms with Gasteiger partial charge in [0, 0.05) is 18.2 Å². The minimum absolute atomic E-state index is 0.0115. The van der Waals surface area contributed by atoms with Gasteiger partial charge in [0.2, 0.25) is 5.91 Å². The van der Waals surface area contributed by atoms with Crippen LogP contribution in [0.2, 0.25) is 0 Å². The SMILES string of the molecule is CCOC(=O)CN(C(=O)CCSC)C(C)C. The average molecular weight is 247 g/mol. The van der Waals surface area contributed by atoms with Crippen molar-refractivity contribution in [3.8, 4) is 0 Å². The molecule has 94 valence electrons. The molecule has 0 bridgehead atoms. The zero-order valence-corrected chi connectivity index (χ0v) is 11.3. The molecule has 0 aromatic carbocycles. The van der Waals surface area contributed by atoms with E-state index in [1.165, 1.54) is 0 Å². The predicted octanol–water partition coefficient (Wildman–Crippen LogP) is 1.54. The van der Waals surface area contributed by atoms with Crippen LogP contribution >= 0.6 is 11.8 Å². The van der Waals surface area contributed by atoms with Gasteiger partial charge in [0.1, 0.15) is 6.54 Å². The van der Waals surface area contributed by atoms with E-state index in [1.807, 2.05) is 20.1 Å². The number of hydrogen-bond donors (Lipinski definition) is 0. The van der Waals surface area contributed by atoms with Crippen molar-refractivity contribution in [2.24, 2.45) is 0 Å². The van der Waals surface area contributed by atoms with Crippen LogP contribution in [0.5, 0.6) is 0 Å². The zero-order chi connectivity index (χ0) is 12.6. The molecule has 5 heteroatoms. The normalized spacial score (nSPS) is 10.3. The summed E-state index contributed by atoms with van der Waals surface area (Å²) in [5, 5.41) is 0. The fourth-order valence-corrected chi connectivity index (χ4v) is 1.62. The summed E-state index contributed by atoms with van der Waals surface area (Å²) in [5.74, 6) is 0.455. The third kappa shape index (κ3) is 6.00. The molecule has 0 N–H and O–H groups in total. The second kappa shape index (κ2) is 8.44. The van der Waals surface area contributed by atoms with Crippen LogP contribution in [0.25, 0.3) is 0 Å². The number of amides is 1. The smallest absolute Gasteiger partial charge is 0.325 e. The number of nitrogens with zero attached hydrogens (tertiary/aromatic N) is 1. The Kier molecular flexibility index (Phi) is 8.07. The standard InChI is InChI=1S/C11H21NO3S/c1-5-15-11(14)8-12(9(2)3)10(13)6-7-16-4/h9H,5-8H2,1-4H3. The van der Waals surface area contributed by atoms with E-state index in [-0.39, 0.29) is 24.5 Å². The van der Waals surface area contributed by atoms with Crippen LogP contribution in [0.1, 0.15) is 27.2 Å². The number of hydrogen-bond acceptors (Lipinski definition) is 4. The van der Waals surface area contributed by atoms with Gasteiger partial charge in [-0.3, -0.25) is 9.59 Å². The first-order valence-corrected chi connectivity index (χ1v) is 6.86. The van der Waals surface area contributed by atoms with Crippen molar-refractivity contribution >= 4 is 23.6 Å². The third-order valence-corrected chi connectivity index (χ3v) is 2.68. The maximum atomic E-state index is 11.8. The Labute approximate surface area is 102 Å². The maximum absolute atomic E-state index is 11.8. The van der Waals surface area contributed by atoms with Crippen LogP contribution in [-0.2, 0) is 14.3 Å². The van der Waals surface area contributed by atoms with Crippen molar-refractivity contribution in [3.05, 3.63) is 0 Å². The molecule has 0 radical (unpaired) electrons. The van der Waals surface area contributed by atoms with E-state index in [4.69, 9.17) is 4.74 Å². The fourth-order valence-electron chi connectivity index (χ4n) is 1.24. The van der Waals surface area contributed by atoms with Crippen LogP contribution in [0.15, 0.2) is 0 Å². The molecule has 4 nitrogen and oxygen atoms in total. The minimum Gasteiger partial charge on any atom is -0.465 e.